The average molecular weight is 276 g/mol. The lowest BCUT2D eigenvalue weighted by Crippen LogP contribution is -2.39. The van der Waals surface area contributed by atoms with E-state index in [1.165, 1.54) is 11.1 Å². The third kappa shape index (κ3) is 3.81. The van der Waals surface area contributed by atoms with Crippen molar-refractivity contribution in [2.75, 3.05) is 26.8 Å². The van der Waals surface area contributed by atoms with Crippen molar-refractivity contribution in [1.29, 1.82) is 0 Å². The van der Waals surface area contributed by atoms with E-state index >= 15 is 0 Å². The molecule has 2 rings (SSSR count). The third-order valence-corrected chi connectivity index (χ3v) is 3.42. The quantitative estimate of drug-likeness (QED) is 0.637. The number of amides is 2. The molecule has 0 atom stereocenters. The molecule has 108 valence electrons. The molecule has 0 aliphatic carbocycles. The van der Waals surface area contributed by atoms with Crippen LogP contribution in [0.2, 0.25) is 0 Å². The van der Waals surface area contributed by atoms with Crippen molar-refractivity contribution in [2.45, 2.75) is 19.4 Å². The van der Waals surface area contributed by atoms with Gasteiger partial charge >= 0.3 is 0 Å². The Morgan fingerprint density at radius 3 is 2.80 bits per heavy atom. The summed E-state index contributed by atoms with van der Waals surface area (Å²) < 4.78 is 4.84. The van der Waals surface area contributed by atoms with Gasteiger partial charge in [-0.2, -0.15) is 0 Å². The number of carbonyl (C=O) groups is 2. The lowest BCUT2D eigenvalue weighted by Gasteiger charge is -2.28. The first-order valence-electron chi connectivity index (χ1n) is 6.81. The highest BCUT2D eigenvalue weighted by Gasteiger charge is 2.21. The largest absolute Gasteiger partial charge is 0.383 e. The van der Waals surface area contributed by atoms with Crippen LogP contribution in [0.3, 0.4) is 0 Å². The van der Waals surface area contributed by atoms with E-state index in [0.717, 1.165) is 6.42 Å². The van der Waals surface area contributed by atoms with Crippen LogP contribution in [0.15, 0.2) is 24.3 Å². The Balaban J connectivity index is 1.84. The summed E-state index contributed by atoms with van der Waals surface area (Å²) in [7, 11) is 1.57. The van der Waals surface area contributed by atoms with Crippen LogP contribution in [-0.2, 0) is 27.3 Å². The van der Waals surface area contributed by atoms with Gasteiger partial charge in [-0.25, -0.2) is 0 Å². The van der Waals surface area contributed by atoms with E-state index in [-0.39, 0.29) is 18.2 Å². The molecule has 5 nitrogen and oxygen atoms in total. The number of hydrogen-bond acceptors (Lipinski definition) is 3. The molecule has 1 N–H and O–H groups in total. The zero-order valence-electron chi connectivity index (χ0n) is 11.7. The van der Waals surface area contributed by atoms with Gasteiger partial charge in [-0.1, -0.05) is 24.3 Å². The van der Waals surface area contributed by atoms with Crippen molar-refractivity contribution in [3.8, 4) is 0 Å². The number of hydrogen-bond donors (Lipinski definition) is 1. The second kappa shape index (κ2) is 7.05. The normalized spacial score (nSPS) is 13.8. The van der Waals surface area contributed by atoms with Crippen LogP contribution < -0.4 is 5.32 Å². The van der Waals surface area contributed by atoms with E-state index in [1.54, 1.807) is 12.0 Å². The summed E-state index contributed by atoms with van der Waals surface area (Å²) in [6.07, 6.45) is 0.763. The van der Waals surface area contributed by atoms with Crippen molar-refractivity contribution in [3.63, 3.8) is 0 Å². The molecule has 5 heteroatoms. The molecule has 0 fully saturated rings. The van der Waals surface area contributed by atoms with E-state index in [9.17, 15) is 9.59 Å². The molecule has 2 amide bonds. The zero-order chi connectivity index (χ0) is 14.4. The Morgan fingerprint density at radius 2 is 2.05 bits per heavy atom. The molecule has 1 aromatic carbocycles. The van der Waals surface area contributed by atoms with Gasteiger partial charge in [0.1, 0.15) is 6.42 Å². The minimum atomic E-state index is -0.245. The van der Waals surface area contributed by atoms with Crippen molar-refractivity contribution < 1.29 is 14.3 Å². The number of nitrogens with one attached hydrogen (secondary N) is 1. The van der Waals surface area contributed by atoms with E-state index in [1.807, 2.05) is 18.2 Å². The number of ether oxygens (including phenoxy) is 1. The highest BCUT2D eigenvalue weighted by molar-refractivity contribution is 5.96. The van der Waals surface area contributed by atoms with Gasteiger partial charge in [-0.15, -0.1) is 0 Å². The molecule has 0 radical (unpaired) electrons. The minimum Gasteiger partial charge on any atom is -0.383 e. The van der Waals surface area contributed by atoms with Crippen molar-refractivity contribution in [1.82, 2.24) is 10.2 Å². The smallest absolute Gasteiger partial charge is 0.232 e. The first-order chi connectivity index (χ1) is 9.70. The van der Waals surface area contributed by atoms with E-state index in [2.05, 4.69) is 11.4 Å². The first kappa shape index (κ1) is 14.5. The van der Waals surface area contributed by atoms with Crippen LogP contribution in [0.25, 0.3) is 0 Å². The standard InChI is InChI=1S/C15H20N2O3/c1-20-9-7-16-14(18)10-15(19)17-8-6-12-4-2-3-5-13(12)11-17/h2-5H,6-11H2,1H3,(H,16,18). The van der Waals surface area contributed by atoms with Crippen molar-refractivity contribution in [3.05, 3.63) is 35.4 Å². The summed E-state index contributed by atoms with van der Waals surface area (Å²) in [4.78, 5) is 25.4. The van der Waals surface area contributed by atoms with Gasteiger partial charge in [0.25, 0.3) is 0 Å². The molecule has 1 aliphatic rings. The maximum Gasteiger partial charge on any atom is 0.232 e. The highest BCUT2D eigenvalue weighted by atomic mass is 16.5. The molecule has 20 heavy (non-hydrogen) atoms. The summed E-state index contributed by atoms with van der Waals surface area (Å²) in [5.41, 5.74) is 2.47. The fourth-order valence-electron chi connectivity index (χ4n) is 2.31. The maximum absolute atomic E-state index is 12.1. The van der Waals surface area contributed by atoms with Crippen LogP contribution in [0.5, 0.6) is 0 Å². The second-order valence-electron chi connectivity index (χ2n) is 4.85. The molecule has 0 saturated carbocycles. The molecule has 0 spiro atoms. The van der Waals surface area contributed by atoms with Gasteiger partial charge in [0.15, 0.2) is 0 Å². The number of benzene rings is 1. The Labute approximate surface area is 118 Å². The van der Waals surface area contributed by atoms with E-state index in [4.69, 9.17) is 4.74 Å². The Kier molecular flexibility index (Phi) is 5.12. The zero-order valence-corrected chi connectivity index (χ0v) is 11.7. The summed E-state index contributed by atoms with van der Waals surface area (Å²) in [5, 5.41) is 2.66. The van der Waals surface area contributed by atoms with Crippen LogP contribution in [-0.4, -0.2) is 43.5 Å². The molecule has 0 unspecified atom stereocenters. The lowest BCUT2D eigenvalue weighted by atomic mass is 10.00. The number of fused-ring (bicyclic) bond motifs is 1. The second-order valence-corrected chi connectivity index (χ2v) is 4.85. The molecule has 1 heterocycles. The lowest BCUT2D eigenvalue weighted by molar-refractivity contribution is -0.136. The summed E-state index contributed by atoms with van der Waals surface area (Å²) in [5.74, 6) is -0.361. The SMILES string of the molecule is COCCNC(=O)CC(=O)N1CCc2ccccc2C1. The molecule has 0 aromatic heterocycles. The van der Waals surface area contributed by atoms with E-state index < -0.39 is 0 Å². The molecule has 1 aromatic rings. The van der Waals surface area contributed by atoms with Crippen LogP contribution in [0, 0.1) is 0 Å². The fourth-order valence-corrected chi connectivity index (χ4v) is 2.31. The van der Waals surface area contributed by atoms with Gasteiger partial charge in [-0.05, 0) is 17.5 Å². The number of nitrogens with zero attached hydrogens (tertiary/aromatic N) is 1. The Bertz CT molecular complexity index is 488. The first-order valence-corrected chi connectivity index (χ1v) is 6.81. The molecular formula is C15H20N2O3. The van der Waals surface area contributed by atoms with E-state index in [0.29, 0.717) is 26.2 Å². The van der Waals surface area contributed by atoms with Crippen LogP contribution >= 0.6 is 0 Å². The fraction of sp³-hybridized carbons (Fsp3) is 0.467. The topological polar surface area (TPSA) is 58.6 Å². The van der Waals surface area contributed by atoms with Crippen molar-refractivity contribution in [2.24, 2.45) is 0 Å². The molecule has 1 aliphatic heterocycles. The molecule has 0 bridgehead atoms. The predicted molar refractivity (Wildman–Crippen MR) is 75.1 cm³/mol. The van der Waals surface area contributed by atoms with Crippen molar-refractivity contribution >= 4 is 11.8 Å². The Morgan fingerprint density at radius 1 is 1.30 bits per heavy atom. The maximum atomic E-state index is 12.1. The van der Waals surface area contributed by atoms with Crippen LogP contribution in [0.1, 0.15) is 17.5 Å². The molecular weight excluding hydrogens is 256 g/mol. The number of rotatable bonds is 5. The van der Waals surface area contributed by atoms with Gasteiger partial charge in [0, 0.05) is 26.7 Å². The monoisotopic (exact) mass is 276 g/mol. The highest BCUT2D eigenvalue weighted by Crippen LogP contribution is 2.18. The number of carbonyl (C=O) groups excluding carboxylic acids is 2. The van der Waals surface area contributed by atoms with Crippen LogP contribution in [0.4, 0.5) is 0 Å². The van der Waals surface area contributed by atoms with Gasteiger partial charge < -0.3 is 15.0 Å². The minimum absolute atomic E-state index is 0.0914. The molecule has 0 saturated heterocycles. The number of methoxy groups -OCH3 is 1. The average Bonchev–Trinajstić information content (AvgIpc) is 2.47. The summed E-state index contributed by atoms with van der Waals surface area (Å²) >= 11 is 0. The van der Waals surface area contributed by atoms with Gasteiger partial charge in [0.2, 0.25) is 11.8 Å². The van der Waals surface area contributed by atoms with Gasteiger partial charge in [-0.3, -0.25) is 9.59 Å². The summed E-state index contributed by atoms with van der Waals surface area (Å²) in [6.45, 7) is 2.17. The summed E-state index contributed by atoms with van der Waals surface area (Å²) in [6, 6.07) is 8.12. The predicted octanol–water partition coefficient (Wildman–Crippen LogP) is 0.724. The van der Waals surface area contributed by atoms with Gasteiger partial charge in [0.05, 0.1) is 6.61 Å². The third-order valence-electron chi connectivity index (χ3n) is 3.42. The Hall–Kier alpha value is -1.88.